The van der Waals surface area contributed by atoms with Crippen molar-refractivity contribution in [3.8, 4) is 0 Å². The van der Waals surface area contributed by atoms with E-state index in [1.807, 2.05) is 0 Å². The Labute approximate surface area is 203 Å². The van der Waals surface area contributed by atoms with E-state index in [1.54, 1.807) is 0 Å². The standard InChI is InChI=1S/C16H32O.C14H28O/c1-2-3-4-5-6-7-8-9-10-11-12-13-14-15-16-17;1-2-3-4-5-6-7-8-9-10-11-12-13-14-15/h16H,2-15H2,1H3;14H,2-13H2,1H3. The average Bonchev–Trinajstić information content (AvgIpc) is 2.81. The molecule has 0 unspecified atom stereocenters. The van der Waals surface area contributed by atoms with E-state index < -0.39 is 0 Å². The summed E-state index contributed by atoms with van der Waals surface area (Å²) < 4.78 is 0. The lowest BCUT2D eigenvalue weighted by Gasteiger charge is -2.02. The molecule has 192 valence electrons. The van der Waals surface area contributed by atoms with Gasteiger partial charge in [0.2, 0.25) is 0 Å². The van der Waals surface area contributed by atoms with Crippen LogP contribution in [-0.4, -0.2) is 12.6 Å². The topological polar surface area (TPSA) is 34.1 Å². The number of carbonyl (C=O) groups is 2. The highest BCUT2D eigenvalue weighted by Crippen LogP contribution is 2.13. The van der Waals surface area contributed by atoms with Crippen molar-refractivity contribution in [2.24, 2.45) is 0 Å². The first-order valence-corrected chi connectivity index (χ1v) is 14.7. The predicted octanol–water partition coefficient (Wildman–Crippen LogP) is 10.6. The maximum absolute atomic E-state index is 10.1. The lowest BCUT2D eigenvalue weighted by atomic mass is 10.0. The number of unbranched alkanes of at least 4 members (excludes halogenated alkanes) is 24. The highest BCUT2D eigenvalue weighted by molar-refractivity contribution is 5.49. The van der Waals surface area contributed by atoms with Crippen LogP contribution in [0, 0.1) is 0 Å². The van der Waals surface area contributed by atoms with Crippen molar-refractivity contribution in [1.82, 2.24) is 0 Å². The van der Waals surface area contributed by atoms with Gasteiger partial charge in [-0.2, -0.15) is 0 Å². The number of aldehydes is 2. The molecule has 0 rings (SSSR count). The minimum absolute atomic E-state index is 0.761. The van der Waals surface area contributed by atoms with Crippen molar-refractivity contribution < 1.29 is 9.59 Å². The van der Waals surface area contributed by atoms with Gasteiger partial charge in [-0.25, -0.2) is 0 Å². The van der Waals surface area contributed by atoms with Gasteiger partial charge >= 0.3 is 0 Å². The van der Waals surface area contributed by atoms with Crippen molar-refractivity contribution in [3.05, 3.63) is 0 Å². The maximum Gasteiger partial charge on any atom is 0.119 e. The molecule has 0 aromatic heterocycles. The number of hydrogen-bond donors (Lipinski definition) is 0. The van der Waals surface area contributed by atoms with Gasteiger partial charge < -0.3 is 9.59 Å². The quantitative estimate of drug-likeness (QED) is 0.0965. The summed E-state index contributed by atoms with van der Waals surface area (Å²) in [5.41, 5.74) is 0. The Kier molecular flexibility index (Phi) is 36.6. The second-order valence-electron chi connectivity index (χ2n) is 9.69. The smallest absolute Gasteiger partial charge is 0.119 e. The summed E-state index contributed by atoms with van der Waals surface area (Å²) in [7, 11) is 0. The van der Waals surface area contributed by atoms with Crippen molar-refractivity contribution in [3.63, 3.8) is 0 Å². The molecule has 0 bridgehead atoms. The van der Waals surface area contributed by atoms with E-state index in [0.717, 1.165) is 38.3 Å². The molecule has 0 aliphatic rings. The van der Waals surface area contributed by atoms with Gasteiger partial charge in [0.15, 0.2) is 0 Å². The number of rotatable bonds is 26. The molecule has 0 aromatic carbocycles. The van der Waals surface area contributed by atoms with Gasteiger partial charge in [0.1, 0.15) is 12.6 Å². The molecule has 32 heavy (non-hydrogen) atoms. The first kappa shape index (κ1) is 33.5. The number of carbonyl (C=O) groups excluding carboxylic acids is 2. The SMILES string of the molecule is CCCCCCCCCCCCCC=O.CCCCCCCCCCCCCCCC=O. The molecule has 0 spiro atoms. The fraction of sp³-hybridized carbons (Fsp3) is 0.933. The molecule has 0 radical (unpaired) electrons. The third-order valence-electron chi connectivity index (χ3n) is 6.35. The van der Waals surface area contributed by atoms with E-state index in [1.165, 1.54) is 141 Å². The Hall–Kier alpha value is -0.660. The van der Waals surface area contributed by atoms with E-state index in [2.05, 4.69) is 13.8 Å². The summed E-state index contributed by atoms with van der Waals surface area (Å²) in [5, 5.41) is 0. The molecule has 0 aliphatic carbocycles. The van der Waals surface area contributed by atoms with Crippen LogP contribution in [0.2, 0.25) is 0 Å². The molecular weight excluding hydrogens is 392 g/mol. The van der Waals surface area contributed by atoms with Crippen LogP contribution in [0.1, 0.15) is 181 Å². The Morgan fingerprint density at radius 1 is 0.312 bits per heavy atom. The summed E-state index contributed by atoms with van der Waals surface area (Å²) in [6, 6.07) is 0. The third kappa shape index (κ3) is 36.7. The summed E-state index contributed by atoms with van der Waals surface area (Å²) in [5.74, 6) is 0. The zero-order valence-corrected chi connectivity index (χ0v) is 22.4. The van der Waals surface area contributed by atoms with E-state index in [9.17, 15) is 9.59 Å². The maximum atomic E-state index is 10.1. The zero-order chi connectivity index (χ0) is 23.8. The van der Waals surface area contributed by atoms with Crippen LogP contribution in [0.3, 0.4) is 0 Å². The highest BCUT2D eigenvalue weighted by Gasteiger charge is 1.94. The lowest BCUT2D eigenvalue weighted by Crippen LogP contribution is -1.83. The second kappa shape index (κ2) is 34.9. The summed E-state index contributed by atoms with van der Waals surface area (Å²) in [6.45, 7) is 4.54. The number of hydrogen-bond acceptors (Lipinski definition) is 2. The monoisotopic (exact) mass is 452 g/mol. The predicted molar refractivity (Wildman–Crippen MR) is 144 cm³/mol. The van der Waals surface area contributed by atoms with Gasteiger partial charge in [0, 0.05) is 12.8 Å². The molecule has 0 amide bonds. The molecule has 0 aliphatic heterocycles. The normalized spacial score (nSPS) is 10.6. The first-order valence-electron chi connectivity index (χ1n) is 14.7. The Morgan fingerprint density at radius 2 is 0.500 bits per heavy atom. The van der Waals surface area contributed by atoms with Crippen molar-refractivity contribution in [1.29, 1.82) is 0 Å². The van der Waals surface area contributed by atoms with Crippen LogP contribution in [-0.2, 0) is 9.59 Å². The molecule has 0 N–H and O–H groups in total. The van der Waals surface area contributed by atoms with Crippen LogP contribution in [0.4, 0.5) is 0 Å². The van der Waals surface area contributed by atoms with E-state index >= 15 is 0 Å². The Balaban J connectivity index is 0. The molecule has 0 atom stereocenters. The van der Waals surface area contributed by atoms with Crippen LogP contribution >= 0.6 is 0 Å². The van der Waals surface area contributed by atoms with Gasteiger partial charge in [-0.05, 0) is 12.8 Å². The Bertz CT molecular complexity index is 327. The van der Waals surface area contributed by atoms with Crippen molar-refractivity contribution in [2.75, 3.05) is 0 Å². The second-order valence-corrected chi connectivity index (χ2v) is 9.69. The molecule has 0 heterocycles. The third-order valence-corrected chi connectivity index (χ3v) is 6.35. The molecule has 2 nitrogen and oxygen atoms in total. The molecule has 0 fully saturated rings. The van der Waals surface area contributed by atoms with Crippen molar-refractivity contribution in [2.45, 2.75) is 181 Å². The van der Waals surface area contributed by atoms with Crippen LogP contribution < -0.4 is 0 Å². The largest absolute Gasteiger partial charge is 0.303 e. The van der Waals surface area contributed by atoms with Crippen molar-refractivity contribution >= 4 is 12.6 Å². The molecule has 0 aromatic rings. The van der Waals surface area contributed by atoms with Crippen LogP contribution in [0.5, 0.6) is 0 Å². The molecular formula is C30H60O2. The Morgan fingerprint density at radius 3 is 0.688 bits per heavy atom. The van der Waals surface area contributed by atoms with Gasteiger partial charge in [-0.15, -0.1) is 0 Å². The highest BCUT2D eigenvalue weighted by atomic mass is 16.1. The fourth-order valence-corrected chi connectivity index (χ4v) is 4.14. The van der Waals surface area contributed by atoms with Gasteiger partial charge in [0.25, 0.3) is 0 Å². The summed E-state index contributed by atoms with van der Waals surface area (Å²) >= 11 is 0. The zero-order valence-electron chi connectivity index (χ0n) is 22.4. The summed E-state index contributed by atoms with van der Waals surface area (Å²) in [6.07, 6.45) is 36.3. The minimum atomic E-state index is 0.761. The van der Waals surface area contributed by atoms with E-state index in [-0.39, 0.29) is 0 Å². The minimum Gasteiger partial charge on any atom is -0.303 e. The lowest BCUT2D eigenvalue weighted by molar-refractivity contribution is -0.108. The molecule has 0 saturated heterocycles. The van der Waals surface area contributed by atoms with Gasteiger partial charge in [-0.3, -0.25) is 0 Å². The van der Waals surface area contributed by atoms with Crippen LogP contribution in [0.15, 0.2) is 0 Å². The molecule has 2 heteroatoms. The van der Waals surface area contributed by atoms with Gasteiger partial charge in [0.05, 0.1) is 0 Å². The summed E-state index contributed by atoms with van der Waals surface area (Å²) in [4.78, 5) is 20.2. The van der Waals surface area contributed by atoms with Gasteiger partial charge in [-0.1, -0.05) is 155 Å². The van der Waals surface area contributed by atoms with Crippen LogP contribution in [0.25, 0.3) is 0 Å². The van der Waals surface area contributed by atoms with E-state index in [0.29, 0.717) is 0 Å². The first-order chi connectivity index (χ1) is 15.8. The average molecular weight is 453 g/mol. The molecule has 0 saturated carbocycles. The fourth-order valence-electron chi connectivity index (χ4n) is 4.14. The van der Waals surface area contributed by atoms with E-state index in [4.69, 9.17) is 0 Å².